The van der Waals surface area contributed by atoms with Gasteiger partial charge in [0.25, 0.3) is 5.91 Å². The second kappa shape index (κ2) is 9.86. The standard InChI is InChI=1S/C24H22FN9O2/c1-26-24(35)21-18(10-20(33-34-21)30-19-9-8-16(31-32-19)13-6-7-13)29-17-5-3-4-15(22(17)36-2)23-27-11-14(25)12-28-23/h3-5,8-13H,6-7H2,1-2H3,(H,26,35)(H2,29,30,32,33)/i1D3. The Labute approximate surface area is 209 Å². The van der Waals surface area contributed by atoms with Gasteiger partial charge in [0.05, 0.1) is 42.1 Å². The number of hydrogen-bond donors (Lipinski definition) is 3. The molecule has 11 nitrogen and oxygen atoms in total. The van der Waals surface area contributed by atoms with E-state index in [1.165, 1.54) is 13.2 Å². The van der Waals surface area contributed by atoms with E-state index in [-0.39, 0.29) is 23.0 Å². The number of hydrogen-bond acceptors (Lipinski definition) is 10. The maximum absolute atomic E-state index is 13.4. The molecule has 3 heterocycles. The lowest BCUT2D eigenvalue weighted by Crippen LogP contribution is -2.21. The highest BCUT2D eigenvalue weighted by Gasteiger charge is 2.25. The van der Waals surface area contributed by atoms with Crippen LogP contribution in [0.3, 0.4) is 0 Å². The number of amides is 1. The molecule has 0 aliphatic heterocycles. The molecule has 0 spiro atoms. The molecular weight excluding hydrogens is 465 g/mol. The number of halogens is 1. The van der Waals surface area contributed by atoms with Gasteiger partial charge in [0.1, 0.15) is 0 Å². The van der Waals surface area contributed by atoms with Gasteiger partial charge in [-0.3, -0.25) is 4.79 Å². The Morgan fingerprint density at radius 2 is 1.83 bits per heavy atom. The van der Waals surface area contributed by atoms with Crippen LogP contribution in [0.5, 0.6) is 5.75 Å². The molecule has 0 atom stereocenters. The summed E-state index contributed by atoms with van der Waals surface area (Å²) < 4.78 is 41.1. The van der Waals surface area contributed by atoms with Gasteiger partial charge < -0.3 is 20.7 Å². The minimum absolute atomic E-state index is 0.118. The second-order valence-electron chi connectivity index (χ2n) is 7.92. The number of anilines is 4. The summed E-state index contributed by atoms with van der Waals surface area (Å²) >= 11 is 0. The van der Waals surface area contributed by atoms with Crippen LogP contribution in [0, 0.1) is 5.82 Å². The Kier molecular flexibility index (Phi) is 5.36. The monoisotopic (exact) mass is 490 g/mol. The molecule has 3 aromatic heterocycles. The molecule has 182 valence electrons. The van der Waals surface area contributed by atoms with Crippen LogP contribution in [0.25, 0.3) is 11.4 Å². The van der Waals surface area contributed by atoms with Crippen molar-refractivity contribution in [3.8, 4) is 17.1 Å². The molecule has 1 fully saturated rings. The highest BCUT2D eigenvalue weighted by molar-refractivity contribution is 5.99. The van der Waals surface area contributed by atoms with Gasteiger partial charge in [0.15, 0.2) is 34.7 Å². The van der Waals surface area contributed by atoms with Crippen LogP contribution in [0.4, 0.5) is 27.4 Å². The first kappa shape index (κ1) is 19.6. The van der Waals surface area contributed by atoms with Gasteiger partial charge in [0, 0.05) is 23.1 Å². The summed E-state index contributed by atoms with van der Waals surface area (Å²) in [5.74, 6) is 0.0126. The largest absolute Gasteiger partial charge is 0.494 e. The lowest BCUT2D eigenvalue weighted by Gasteiger charge is -2.16. The number of methoxy groups -OCH3 is 1. The fourth-order valence-corrected chi connectivity index (χ4v) is 3.54. The summed E-state index contributed by atoms with van der Waals surface area (Å²) in [5, 5.41) is 24.3. The van der Waals surface area contributed by atoms with Gasteiger partial charge in [-0.05, 0) is 37.1 Å². The van der Waals surface area contributed by atoms with E-state index in [1.807, 2.05) is 11.4 Å². The number of nitrogens with one attached hydrogen (secondary N) is 3. The number of rotatable bonds is 8. The summed E-state index contributed by atoms with van der Waals surface area (Å²) in [7, 11) is 1.43. The zero-order chi connectivity index (χ0) is 27.6. The smallest absolute Gasteiger partial charge is 0.273 e. The van der Waals surface area contributed by atoms with Gasteiger partial charge in [-0.15, -0.1) is 15.3 Å². The average Bonchev–Trinajstić information content (AvgIpc) is 3.74. The third-order valence-corrected chi connectivity index (χ3v) is 5.41. The van der Waals surface area contributed by atoms with Crippen molar-refractivity contribution in [3.63, 3.8) is 0 Å². The Hall–Kier alpha value is -4.74. The maximum atomic E-state index is 13.4. The quantitative estimate of drug-likeness (QED) is 0.336. The molecule has 0 saturated heterocycles. The first-order valence-corrected chi connectivity index (χ1v) is 10.9. The lowest BCUT2D eigenvalue weighted by molar-refractivity contribution is 0.0958. The molecule has 0 bridgehead atoms. The number of benzene rings is 1. The van der Waals surface area contributed by atoms with Crippen molar-refractivity contribution < 1.29 is 18.0 Å². The molecule has 1 aromatic carbocycles. The minimum Gasteiger partial charge on any atom is -0.494 e. The lowest BCUT2D eigenvalue weighted by atomic mass is 10.1. The van der Waals surface area contributed by atoms with Crippen LogP contribution >= 0.6 is 0 Å². The third kappa shape index (κ3) is 4.87. The van der Waals surface area contributed by atoms with Crippen molar-refractivity contribution in [3.05, 3.63) is 66.0 Å². The van der Waals surface area contributed by atoms with Crippen molar-refractivity contribution >= 4 is 28.9 Å². The Morgan fingerprint density at radius 3 is 2.53 bits per heavy atom. The third-order valence-electron chi connectivity index (χ3n) is 5.41. The number of para-hydroxylation sites is 1. The van der Waals surface area contributed by atoms with Crippen molar-refractivity contribution in [2.45, 2.75) is 18.8 Å². The first-order chi connectivity index (χ1) is 18.7. The molecule has 1 aliphatic rings. The highest BCUT2D eigenvalue weighted by Crippen LogP contribution is 2.39. The first-order valence-electron chi connectivity index (χ1n) is 12.4. The van der Waals surface area contributed by atoms with E-state index >= 15 is 0 Å². The summed E-state index contributed by atoms with van der Waals surface area (Å²) in [6.07, 6.45) is 4.26. The molecule has 36 heavy (non-hydrogen) atoms. The summed E-state index contributed by atoms with van der Waals surface area (Å²) in [6, 6.07) is 10.1. The van der Waals surface area contributed by atoms with Crippen LogP contribution < -0.4 is 20.7 Å². The van der Waals surface area contributed by atoms with Crippen molar-refractivity contribution in [2.75, 3.05) is 24.7 Å². The maximum Gasteiger partial charge on any atom is 0.273 e. The number of carbonyl (C=O) groups is 1. The van der Waals surface area contributed by atoms with Gasteiger partial charge >= 0.3 is 0 Å². The van der Waals surface area contributed by atoms with E-state index < -0.39 is 18.7 Å². The van der Waals surface area contributed by atoms with Gasteiger partial charge in [0.2, 0.25) is 0 Å². The van der Waals surface area contributed by atoms with E-state index in [9.17, 15) is 9.18 Å². The Morgan fingerprint density at radius 1 is 1.03 bits per heavy atom. The number of carbonyl (C=O) groups excluding carboxylic acids is 1. The molecule has 1 saturated carbocycles. The van der Waals surface area contributed by atoms with E-state index in [0.29, 0.717) is 28.7 Å². The van der Waals surface area contributed by atoms with E-state index in [2.05, 4.69) is 41.0 Å². The molecule has 12 heteroatoms. The molecular formula is C24H22FN9O2. The van der Waals surface area contributed by atoms with Gasteiger partial charge in [-0.1, -0.05) is 6.07 Å². The molecule has 3 N–H and O–H groups in total. The molecule has 0 radical (unpaired) electrons. The molecule has 1 aliphatic carbocycles. The molecule has 4 aromatic rings. The van der Waals surface area contributed by atoms with E-state index in [0.717, 1.165) is 30.9 Å². The number of nitrogens with zero attached hydrogens (tertiary/aromatic N) is 6. The normalized spacial score (nSPS) is 14.2. The number of aromatic nitrogens is 6. The van der Waals surface area contributed by atoms with Crippen molar-refractivity contribution in [1.29, 1.82) is 0 Å². The van der Waals surface area contributed by atoms with E-state index in [4.69, 9.17) is 8.85 Å². The summed E-state index contributed by atoms with van der Waals surface area (Å²) in [6.45, 7) is -2.75. The average molecular weight is 491 g/mol. The summed E-state index contributed by atoms with van der Waals surface area (Å²) in [4.78, 5) is 20.8. The molecule has 5 rings (SSSR count). The Balaban J connectivity index is 1.50. The summed E-state index contributed by atoms with van der Waals surface area (Å²) in [5.41, 5.74) is 1.58. The van der Waals surface area contributed by atoms with Crippen LogP contribution in [0.15, 0.2) is 48.8 Å². The highest BCUT2D eigenvalue weighted by atomic mass is 19.1. The van der Waals surface area contributed by atoms with Crippen LogP contribution in [0.2, 0.25) is 0 Å². The predicted molar refractivity (Wildman–Crippen MR) is 130 cm³/mol. The van der Waals surface area contributed by atoms with Crippen molar-refractivity contribution in [2.24, 2.45) is 0 Å². The fourth-order valence-electron chi connectivity index (χ4n) is 3.54. The zero-order valence-corrected chi connectivity index (χ0v) is 19.0. The molecule has 0 unspecified atom stereocenters. The zero-order valence-electron chi connectivity index (χ0n) is 22.0. The SMILES string of the molecule is [2H]C([2H])([2H])NC(=O)c1nnc(Nc2ccc(C3CC3)nn2)cc1Nc1cccc(-c2ncc(F)cn2)c1OC. The molecule has 1 amide bonds. The van der Waals surface area contributed by atoms with Gasteiger partial charge in [-0.25, -0.2) is 14.4 Å². The van der Waals surface area contributed by atoms with Crippen LogP contribution in [0.1, 0.15) is 39.1 Å². The van der Waals surface area contributed by atoms with Gasteiger partial charge in [-0.2, -0.15) is 5.10 Å². The Bertz CT molecular complexity index is 1500. The predicted octanol–water partition coefficient (Wildman–Crippen LogP) is 3.60. The van der Waals surface area contributed by atoms with Crippen molar-refractivity contribution in [1.82, 2.24) is 35.7 Å². The topological polar surface area (TPSA) is 140 Å². The van der Waals surface area contributed by atoms with E-state index in [1.54, 1.807) is 24.3 Å². The fraction of sp³-hybridized carbons (Fsp3) is 0.208. The minimum atomic E-state index is -2.75. The van der Waals surface area contributed by atoms with Crippen LogP contribution in [-0.4, -0.2) is 50.4 Å². The van der Waals surface area contributed by atoms with Crippen LogP contribution in [-0.2, 0) is 0 Å². The number of ether oxygens (including phenoxy) is 1. The second-order valence-corrected chi connectivity index (χ2v) is 7.92.